The molecule has 5 nitrogen and oxygen atoms in total. The molecule has 1 atom stereocenters. The Morgan fingerprint density at radius 3 is 2.52 bits per heavy atom. The van der Waals surface area contributed by atoms with Crippen molar-refractivity contribution < 1.29 is 9.59 Å². The Balaban J connectivity index is 0.00000225. The molecule has 6 heteroatoms. The molecule has 2 fully saturated rings. The molecule has 2 aliphatic carbocycles. The van der Waals surface area contributed by atoms with Gasteiger partial charge in [-0.05, 0) is 49.8 Å². The summed E-state index contributed by atoms with van der Waals surface area (Å²) >= 11 is 0. The van der Waals surface area contributed by atoms with Crippen molar-refractivity contribution in [3.8, 4) is 0 Å². The minimum absolute atomic E-state index is 0. The summed E-state index contributed by atoms with van der Waals surface area (Å²) in [5.74, 6) is 0.599. The lowest BCUT2D eigenvalue weighted by molar-refractivity contribution is -0.120. The molecule has 4 N–H and O–H groups in total. The van der Waals surface area contributed by atoms with Crippen molar-refractivity contribution in [1.29, 1.82) is 0 Å². The Kier molecular flexibility index (Phi) is 7.26. The number of hydrogen-bond acceptors (Lipinski definition) is 3. The maximum atomic E-state index is 12.3. The van der Waals surface area contributed by atoms with Gasteiger partial charge >= 0.3 is 0 Å². The third-order valence-electron chi connectivity index (χ3n) is 5.09. The fourth-order valence-corrected chi connectivity index (χ4v) is 3.35. The first-order valence-corrected chi connectivity index (χ1v) is 9.08. The second kappa shape index (κ2) is 9.20. The van der Waals surface area contributed by atoms with Crippen molar-refractivity contribution in [2.24, 2.45) is 17.6 Å². The first-order valence-electron chi connectivity index (χ1n) is 9.08. The summed E-state index contributed by atoms with van der Waals surface area (Å²) in [6.07, 6.45) is 7.74. The summed E-state index contributed by atoms with van der Waals surface area (Å²) in [4.78, 5) is 24.6. The molecule has 0 heterocycles. The van der Waals surface area contributed by atoms with Crippen molar-refractivity contribution >= 4 is 29.9 Å². The number of nitrogens with one attached hydrogen (secondary N) is 2. The molecule has 3 rings (SSSR count). The molecule has 2 aliphatic rings. The van der Waals surface area contributed by atoms with Gasteiger partial charge in [0.2, 0.25) is 5.91 Å². The van der Waals surface area contributed by atoms with Crippen molar-refractivity contribution in [3.05, 3.63) is 29.8 Å². The van der Waals surface area contributed by atoms with Crippen LogP contribution in [0.1, 0.15) is 55.3 Å². The molecule has 0 radical (unpaired) electrons. The lowest BCUT2D eigenvalue weighted by Crippen LogP contribution is -2.38. The molecule has 2 amide bonds. The number of nitrogens with two attached hydrogens (primary N) is 1. The van der Waals surface area contributed by atoms with Crippen LogP contribution in [0.3, 0.4) is 0 Å². The Morgan fingerprint density at radius 1 is 1.12 bits per heavy atom. The fraction of sp³-hybridized carbons (Fsp3) is 0.579. The van der Waals surface area contributed by atoms with Crippen LogP contribution in [0.2, 0.25) is 0 Å². The maximum absolute atomic E-state index is 12.3. The van der Waals surface area contributed by atoms with Crippen LogP contribution in [0.25, 0.3) is 0 Å². The van der Waals surface area contributed by atoms with Gasteiger partial charge in [0, 0.05) is 29.8 Å². The highest BCUT2D eigenvalue weighted by Crippen LogP contribution is 2.31. The lowest BCUT2D eigenvalue weighted by atomic mass is 9.88. The second-order valence-electron chi connectivity index (χ2n) is 7.12. The summed E-state index contributed by atoms with van der Waals surface area (Å²) in [6, 6.07) is 7.16. The van der Waals surface area contributed by atoms with Crippen LogP contribution in [0.15, 0.2) is 24.3 Å². The zero-order chi connectivity index (χ0) is 16.9. The Bertz CT molecular complexity index is 598. The molecule has 138 valence electrons. The van der Waals surface area contributed by atoms with Gasteiger partial charge in [-0.15, -0.1) is 12.4 Å². The number of rotatable bonds is 6. The molecular weight excluding hydrogens is 338 g/mol. The quantitative estimate of drug-likeness (QED) is 0.724. The van der Waals surface area contributed by atoms with E-state index >= 15 is 0 Å². The van der Waals surface area contributed by atoms with Gasteiger partial charge in [0.15, 0.2) is 0 Å². The average molecular weight is 366 g/mol. The molecule has 0 spiro atoms. The van der Waals surface area contributed by atoms with Crippen LogP contribution in [0.4, 0.5) is 5.69 Å². The Morgan fingerprint density at radius 2 is 1.84 bits per heavy atom. The minimum atomic E-state index is -0.139. The zero-order valence-corrected chi connectivity index (χ0v) is 15.3. The van der Waals surface area contributed by atoms with Gasteiger partial charge in [0.25, 0.3) is 5.91 Å². The van der Waals surface area contributed by atoms with E-state index in [0.29, 0.717) is 23.7 Å². The number of halogens is 1. The molecular formula is C19H28ClN3O2. The van der Waals surface area contributed by atoms with E-state index in [-0.39, 0.29) is 36.2 Å². The van der Waals surface area contributed by atoms with Gasteiger partial charge < -0.3 is 16.4 Å². The highest BCUT2D eigenvalue weighted by atomic mass is 35.5. The Hall–Kier alpha value is -1.59. The summed E-state index contributed by atoms with van der Waals surface area (Å²) < 4.78 is 0. The van der Waals surface area contributed by atoms with Crippen molar-refractivity contribution in [2.45, 2.75) is 51.0 Å². The van der Waals surface area contributed by atoms with Crippen molar-refractivity contribution in [1.82, 2.24) is 5.32 Å². The molecule has 0 bridgehead atoms. The minimum Gasteiger partial charge on any atom is -0.350 e. The SMILES string of the molecule is Cl.NC(CNC(=O)c1cccc(NC(=O)C2CCCCC2)c1)C1CC1. The summed E-state index contributed by atoms with van der Waals surface area (Å²) in [6.45, 7) is 0.502. The summed E-state index contributed by atoms with van der Waals surface area (Å²) in [5.41, 5.74) is 7.25. The number of carbonyl (C=O) groups excluding carboxylic acids is 2. The number of hydrogen-bond donors (Lipinski definition) is 3. The van der Waals surface area contributed by atoms with E-state index in [0.717, 1.165) is 25.7 Å². The van der Waals surface area contributed by atoms with Gasteiger partial charge in [-0.3, -0.25) is 9.59 Å². The highest BCUT2D eigenvalue weighted by Gasteiger charge is 2.28. The number of anilines is 1. The molecule has 0 aliphatic heterocycles. The van der Waals surface area contributed by atoms with E-state index in [1.807, 2.05) is 6.07 Å². The molecule has 2 saturated carbocycles. The van der Waals surface area contributed by atoms with E-state index in [2.05, 4.69) is 10.6 Å². The monoisotopic (exact) mass is 365 g/mol. The summed E-state index contributed by atoms with van der Waals surface area (Å²) in [7, 11) is 0. The third-order valence-corrected chi connectivity index (χ3v) is 5.09. The third kappa shape index (κ3) is 5.72. The highest BCUT2D eigenvalue weighted by molar-refractivity contribution is 5.97. The maximum Gasteiger partial charge on any atom is 0.251 e. The van der Waals surface area contributed by atoms with Crippen LogP contribution in [-0.2, 0) is 4.79 Å². The van der Waals surface area contributed by atoms with E-state index in [4.69, 9.17) is 5.73 Å². The number of benzene rings is 1. The largest absolute Gasteiger partial charge is 0.350 e. The van der Waals surface area contributed by atoms with Gasteiger partial charge in [0.1, 0.15) is 0 Å². The lowest BCUT2D eigenvalue weighted by Gasteiger charge is -2.20. The molecule has 1 unspecified atom stereocenters. The zero-order valence-electron chi connectivity index (χ0n) is 14.5. The fourth-order valence-electron chi connectivity index (χ4n) is 3.35. The van der Waals surface area contributed by atoms with Gasteiger partial charge in [-0.2, -0.15) is 0 Å². The normalized spacial score (nSPS) is 18.8. The van der Waals surface area contributed by atoms with Crippen LogP contribution < -0.4 is 16.4 Å². The van der Waals surface area contributed by atoms with Crippen molar-refractivity contribution in [2.75, 3.05) is 11.9 Å². The van der Waals surface area contributed by atoms with Gasteiger partial charge in [-0.1, -0.05) is 25.3 Å². The van der Waals surface area contributed by atoms with Crippen LogP contribution >= 0.6 is 12.4 Å². The predicted molar refractivity (Wildman–Crippen MR) is 102 cm³/mol. The van der Waals surface area contributed by atoms with Crippen molar-refractivity contribution in [3.63, 3.8) is 0 Å². The first kappa shape index (κ1) is 19.7. The smallest absolute Gasteiger partial charge is 0.251 e. The van der Waals surface area contributed by atoms with E-state index in [1.54, 1.807) is 18.2 Å². The predicted octanol–water partition coefficient (Wildman–Crippen LogP) is 3.09. The van der Waals surface area contributed by atoms with E-state index in [9.17, 15) is 9.59 Å². The van der Waals surface area contributed by atoms with Crippen LogP contribution in [0, 0.1) is 11.8 Å². The molecule has 25 heavy (non-hydrogen) atoms. The number of carbonyl (C=O) groups is 2. The number of amides is 2. The first-order chi connectivity index (χ1) is 11.6. The molecule has 0 aromatic heterocycles. The van der Waals surface area contributed by atoms with Gasteiger partial charge in [0.05, 0.1) is 0 Å². The molecule has 0 saturated heterocycles. The van der Waals surface area contributed by atoms with E-state index in [1.165, 1.54) is 19.3 Å². The topological polar surface area (TPSA) is 84.2 Å². The average Bonchev–Trinajstić information content (AvgIpc) is 3.45. The van der Waals surface area contributed by atoms with Gasteiger partial charge in [-0.25, -0.2) is 0 Å². The van der Waals surface area contributed by atoms with E-state index < -0.39 is 0 Å². The standard InChI is InChI=1S/C19H27N3O2.ClH/c20-17(13-9-10-13)12-21-18(23)15-7-4-8-16(11-15)22-19(24)14-5-2-1-3-6-14;/h4,7-8,11,13-14,17H,1-3,5-6,9-10,12,20H2,(H,21,23)(H,22,24);1H. The van der Waals surface area contributed by atoms with Crippen LogP contribution in [0.5, 0.6) is 0 Å². The second-order valence-corrected chi connectivity index (χ2v) is 7.12. The molecule has 1 aromatic rings. The Labute approximate surface area is 155 Å². The summed E-state index contributed by atoms with van der Waals surface area (Å²) in [5, 5.41) is 5.84. The molecule has 1 aromatic carbocycles. The van der Waals surface area contributed by atoms with Crippen LogP contribution in [-0.4, -0.2) is 24.4 Å².